The summed E-state index contributed by atoms with van der Waals surface area (Å²) in [5, 5.41) is 10.5. The Morgan fingerprint density at radius 2 is 0.889 bits per heavy atom. The Kier molecular flexibility index (Phi) is 8.59. The third-order valence-electron chi connectivity index (χ3n) is 14.6. The van der Waals surface area contributed by atoms with Crippen molar-refractivity contribution < 1.29 is 0 Å². The highest BCUT2D eigenvalue weighted by atomic mass is 32.1. The molecule has 0 radical (unpaired) electrons. The maximum absolute atomic E-state index is 2.71. The lowest BCUT2D eigenvalue weighted by Gasteiger charge is -2.37. The lowest BCUT2D eigenvalue weighted by molar-refractivity contribution is 0.331. The minimum Gasteiger partial charge on any atom is -0.330 e. The Morgan fingerprint density at radius 3 is 1.54 bits per heavy atom. The van der Waals surface area contributed by atoms with E-state index < -0.39 is 0 Å². The van der Waals surface area contributed by atoms with Crippen LogP contribution in [0.25, 0.3) is 91.3 Å². The van der Waals surface area contributed by atoms with E-state index in [0.717, 1.165) is 19.3 Å². The number of fused-ring (bicyclic) bond motifs is 12. The molecule has 308 valence electrons. The summed E-state index contributed by atoms with van der Waals surface area (Å²) in [7, 11) is 0. The lowest BCUT2D eigenvalue weighted by atomic mass is 9.82. The zero-order valence-corrected chi connectivity index (χ0v) is 37.5. The van der Waals surface area contributed by atoms with Gasteiger partial charge >= 0.3 is 0 Å². The zero-order chi connectivity index (χ0) is 42.6. The van der Waals surface area contributed by atoms with Gasteiger partial charge in [-0.15, -0.1) is 11.3 Å². The summed E-state index contributed by atoms with van der Waals surface area (Å²) in [5.74, 6) is 0.486. The largest absolute Gasteiger partial charge is 0.330 e. The van der Waals surface area contributed by atoms with Gasteiger partial charge < -0.3 is 13.7 Å². The van der Waals surface area contributed by atoms with Crippen molar-refractivity contribution in [3.05, 3.63) is 187 Å². The van der Waals surface area contributed by atoms with Gasteiger partial charge in [-0.05, 0) is 110 Å². The van der Waals surface area contributed by atoms with E-state index in [9.17, 15) is 0 Å². The molecule has 0 saturated heterocycles. The van der Waals surface area contributed by atoms with Gasteiger partial charge in [0.2, 0.25) is 0 Å². The predicted octanol–water partition coefficient (Wildman–Crippen LogP) is 16.7. The summed E-state index contributed by atoms with van der Waals surface area (Å²) < 4.78 is 10.5. The molecule has 0 fully saturated rings. The number of para-hydroxylation sites is 4. The van der Waals surface area contributed by atoms with Crippen LogP contribution in [0.2, 0.25) is 0 Å². The molecule has 1 atom stereocenters. The molecule has 0 aliphatic carbocycles. The van der Waals surface area contributed by atoms with E-state index >= 15 is 0 Å². The molecule has 4 heteroatoms. The second-order valence-electron chi connectivity index (χ2n) is 18.4. The highest BCUT2D eigenvalue weighted by Gasteiger charge is 2.37. The van der Waals surface area contributed by atoms with Gasteiger partial charge in [-0.2, -0.15) is 0 Å². The molecule has 0 amide bonds. The van der Waals surface area contributed by atoms with Crippen molar-refractivity contribution in [1.29, 1.82) is 0 Å². The number of nitrogens with zero attached hydrogens (tertiary/aromatic N) is 3. The molecule has 0 saturated carbocycles. The first-order valence-electron chi connectivity index (χ1n) is 22.8. The standard InChI is InChI=1S/C59H51N3S/c1-6-59(7-2,40-29-32-51-48(35-40)44-20-8-13-23-50(44)60(51)41-30-31-47-46-22-12-17-27-56(46)63-57(47)36-41)62-54-26-16-11-21-45(54)49-34-39(28-33-55(49)62)58(5,37-38(3)4)61-52-24-14-9-18-42(52)43-19-10-15-25-53(43)61/h8-36,38H,6-7,37H2,1-5H3. The fraction of sp³-hybridized carbons (Fsp3) is 0.186. The van der Waals surface area contributed by atoms with E-state index in [1.807, 2.05) is 11.3 Å². The van der Waals surface area contributed by atoms with Crippen molar-refractivity contribution in [2.24, 2.45) is 5.92 Å². The fourth-order valence-corrected chi connectivity index (χ4v) is 13.0. The summed E-state index contributed by atoms with van der Waals surface area (Å²) in [6, 6.07) is 66.6. The second kappa shape index (κ2) is 14.2. The lowest BCUT2D eigenvalue weighted by Crippen LogP contribution is -2.34. The number of hydrogen-bond acceptors (Lipinski definition) is 1. The maximum Gasteiger partial charge on any atom is 0.0697 e. The normalized spacial score (nSPS) is 13.6. The van der Waals surface area contributed by atoms with Crippen LogP contribution in [0.15, 0.2) is 176 Å². The number of rotatable bonds is 9. The van der Waals surface area contributed by atoms with E-state index in [1.54, 1.807) is 0 Å². The van der Waals surface area contributed by atoms with Crippen molar-refractivity contribution >= 4 is 96.9 Å². The van der Waals surface area contributed by atoms with Crippen LogP contribution in [0.5, 0.6) is 0 Å². The zero-order valence-electron chi connectivity index (χ0n) is 36.7. The first-order valence-corrected chi connectivity index (χ1v) is 23.6. The van der Waals surface area contributed by atoms with Crippen LogP contribution in [0.3, 0.4) is 0 Å². The van der Waals surface area contributed by atoms with Gasteiger partial charge in [0.25, 0.3) is 0 Å². The summed E-state index contributed by atoms with van der Waals surface area (Å²) in [6.45, 7) is 12.0. The van der Waals surface area contributed by atoms with E-state index in [4.69, 9.17) is 0 Å². The summed E-state index contributed by atoms with van der Waals surface area (Å²) in [4.78, 5) is 0. The van der Waals surface area contributed by atoms with Crippen molar-refractivity contribution in [2.45, 2.75) is 65.0 Å². The Labute approximate surface area is 372 Å². The third-order valence-corrected chi connectivity index (χ3v) is 15.7. The molecular formula is C59H51N3S. The monoisotopic (exact) mass is 833 g/mol. The van der Waals surface area contributed by atoms with Crippen LogP contribution in [0.1, 0.15) is 65.0 Å². The van der Waals surface area contributed by atoms with Gasteiger partial charge in [-0.3, -0.25) is 0 Å². The van der Waals surface area contributed by atoms with E-state index in [2.05, 4.69) is 224 Å². The molecule has 0 N–H and O–H groups in total. The Bertz CT molecular complexity index is 3700. The molecule has 63 heavy (non-hydrogen) atoms. The molecule has 1 unspecified atom stereocenters. The van der Waals surface area contributed by atoms with Gasteiger partial charge in [-0.25, -0.2) is 0 Å². The Balaban J connectivity index is 1.06. The van der Waals surface area contributed by atoms with Crippen molar-refractivity contribution in [3.63, 3.8) is 0 Å². The molecule has 0 aliphatic heterocycles. The maximum atomic E-state index is 2.71. The molecular weight excluding hydrogens is 783 g/mol. The summed E-state index contributed by atoms with van der Waals surface area (Å²) >= 11 is 1.88. The van der Waals surface area contributed by atoms with Gasteiger partial charge in [-0.1, -0.05) is 137 Å². The number of hydrogen-bond donors (Lipinski definition) is 0. The average molecular weight is 834 g/mol. The van der Waals surface area contributed by atoms with Gasteiger partial charge in [0.1, 0.15) is 0 Å². The number of thiophene rings is 1. The van der Waals surface area contributed by atoms with Crippen LogP contribution >= 0.6 is 11.3 Å². The van der Waals surface area contributed by atoms with Gasteiger partial charge in [0.05, 0.1) is 22.1 Å². The fourth-order valence-electron chi connectivity index (χ4n) is 11.9. The number of benzene rings is 8. The third kappa shape index (κ3) is 5.44. The Hall–Kier alpha value is -6.62. The van der Waals surface area contributed by atoms with Crippen LogP contribution in [-0.4, -0.2) is 13.7 Å². The minimum atomic E-state index is -0.290. The summed E-state index contributed by atoms with van der Waals surface area (Å²) in [5.41, 5.74) is 11.0. The van der Waals surface area contributed by atoms with E-state index in [1.165, 1.54) is 102 Å². The molecule has 12 aromatic rings. The van der Waals surface area contributed by atoms with Crippen LogP contribution in [0, 0.1) is 5.92 Å². The van der Waals surface area contributed by atoms with E-state index in [-0.39, 0.29) is 11.1 Å². The Morgan fingerprint density at radius 1 is 0.429 bits per heavy atom. The highest BCUT2D eigenvalue weighted by Crippen LogP contribution is 2.47. The summed E-state index contributed by atoms with van der Waals surface area (Å²) in [6.07, 6.45) is 2.93. The van der Waals surface area contributed by atoms with Crippen molar-refractivity contribution in [2.75, 3.05) is 0 Å². The first-order chi connectivity index (χ1) is 30.8. The topological polar surface area (TPSA) is 14.8 Å². The van der Waals surface area contributed by atoms with Crippen LogP contribution in [-0.2, 0) is 11.1 Å². The molecule has 0 spiro atoms. The van der Waals surface area contributed by atoms with E-state index in [0.29, 0.717) is 5.92 Å². The SMILES string of the molecule is CCC(CC)(c1ccc2c(c1)c1ccccc1n2-c1ccc2c(c1)sc1ccccc12)n1c2ccccc2c2cc(C(C)(CC(C)C)n3c4ccccc4c4ccccc43)ccc21. The van der Waals surface area contributed by atoms with Gasteiger partial charge in [0, 0.05) is 80.2 Å². The van der Waals surface area contributed by atoms with Crippen molar-refractivity contribution in [3.8, 4) is 5.69 Å². The molecule has 4 heterocycles. The molecule has 8 aromatic carbocycles. The molecule has 3 nitrogen and oxygen atoms in total. The van der Waals surface area contributed by atoms with Crippen molar-refractivity contribution in [1.82, 2.24) is 13.7 Å². The van der Waals surface area contributed by atoms with Gasteiger partial charge in [0.15, 0.2) is 0 Å². The smallest absolute Gasteiger partial charge is 0.0697 e. The molecule has 4 aromatic heterocycles. The molecule has 0 bridgehead atoms. The quantitative estimate of drug-likeness (QED) is 0.138. The molecule has 12 rings (SSSR count). The highest BCUT2D eigenvalue weighted by molar-refractivity contribution is 7.25. The number of aromatic nitrogens is 3. The molecule has 0 aliphatic rings. The first kappa shape index (κ1) is 38.1. The predicted molar refractivity (Wildman–Crippen MR) is 272 cm³/mol. The average Bonchev–Trinajstić information content (AvgIpc) is 4.06. The minimum absolute atomic E-state index is 0.287. The van der Waals surface area contributed by atoms with Crippen LogP contribution in [0.4, 0.5) is 0 Å². The van der Waals surface area contributed by atoms with Crippen LogP contribution < -0.4 is 0 Å². The second-order valence-corrected chi connectivity index (χ2v) is 19.5.